The number of azide groups is 1. The number of rotatable bonds is 3. The number of hydrogen-bond donors (Lipinski definition) is 0. The van der Waals surface area contributed by atoms with Crippen molar-refractivity contribution in [3.05, 3.63) is 40.0 Å². The van der Waals surface area contributed by atoms with Gasteiger partial charge in [-0.2, -0.15) is 0 Å². The standard InChI is InChI=1S/C12H13FN4O/c1-8-4-10(13)2-3-11(8)17-7-9(5-12(17)18)6-15-16-14/h2-4,9H,5-7H2,1H3. The van der Waals surface area contributed by atoms with E-state index >= 15 is 0 Å². The van der Waals surface area contributed by atoms with Crippen LogP contribution in [0, 0.1) is 18.7 Å². The third-order valence-electron chi connectivity index (χ3n) is 3.06. The van der Waals surface area contributed by atoms with Crippen LogP contribution < -0.4 is 4.90 Å². The third-order valence-corrected chi connectivity index (χ3v) is 3.06. The Bertz CT molecular complexity index is 525. The van der Waals surface area contributed by atoms with E-state index in [-0.39, 0.29) is 17.6 Å². The Morgan fingerprint density at radius 3 is 3.06 bits per heavy atom. The smallest absolute Gasteiger partial charge is 0.227 e. The van der Waals surface area contributed by atoms with E-state index in [1.807, 2.05) is 0 Å². The molecular weight excluding hydrogens is 235 g/mol. The van der Waals surface area contributed by atoms with Crippen molar-refractivity contribution in [1.29, 1.82) is 0 Å². The largest absolute Gasteiger partial charge is 0.312 e. The molecule has 0 spiro atoms. The molecule has 1 saturated heterocycles. The molecule has 5 nitrogen and oxygen atoms in total. The van der Waals surface area contributed by atoms with E-state index in [2.05, 4.69) is 10.0 Å². The SMILES string of the molecule is Cc1cc(F)ccc1N1CC(CN=[N+]=[N-])CC1=O. The van der Waals surface area contributed by atoms with E-state index in [0.717, 1.165) is 11.3 Å². The summed E-state index contributed by atoms with van der Waals surface area (Å²) in [5.41, 5.74) is 9.72. The Morgan fingerprint density at radius 2 is 2.39 bits per heavy atom. The number of halogens is 1. The highest BCUT2D eigenvalue weighted by Gasteiger charge is 2.30. The van der Waals surface area contributed by atoms with Gasteiger partial charge in [0.05, 0.1) is 0 Å². The summed E-state index contributed by atoms with van der Waals surface area (Å²) in [5, 5.41) is 3.49. The van der Waals surface area contributed by atoms with Gasteiger partial charge in [-0.25, -0.2) is 4.39 Å². The summed E-state index contributed by atoms with van der Waals surface area (Å²) in [6, 6.07) is 4.36. The molecule has 0 aliphatic carbocycles. The predicted molar refractivity (Wildman–Crippen MR) is 65.6 cm³/mol. The van der Waals surface area contributed by atoms with Gasteiger partial charge in [0.1, 0.15) is 5.82 Å². The number of carbonyl (C=O) groups excluding carboxylic acids is 1. The predicted octanol–water partition coefficient (Wildman–Crippen LogP) is 2.80. The topological polar surface area (TPSA) is 69.1 Å². The van der Waals surface area contributed by atoms with Gasteiger partial charge in [0.15, 0.2) is 0 Å². The zero-order chi connectivity index (χ0) is 13.1. The number of carbonyl (C=O) groups is 1. The third kappa shape index (κ3) is 2.43. The lowest BCUT2D eigenvalue weighted by atomic mass is 10.1. The molecule has 0 radical (unpaired) electrons. The Balaban J connectivity index is 2.18. The molecule has 1 aromatic rings. The lowest BCUT2D eigenvalue weighted by molar-refractivity contribution is -0.117. The molecule has 18 heavy (non-hydrogen) atoms. The van der Waals surface area contributed by atoms with Crippen molar-refractivity contribution in [3.63, 3.8) is 0 Å². The number of anilines is 1. The second-order valence-electron chi connectivity index (χ2n) is 4.42. The molecule has 1 heterocycles. The summed E-state index contributed by atoms with van der Waals surface area (Å²) in [5.74, 6) is -0.283. The molecule has 1 amide bonds. The average Bonchev–Trinajstić information content (AvgIpc) is 2.68. The van der Waals surface area contributed by atoms with E-state index in [9.17, 15) is 9.18 Å². The number of hydrogen-bond acceptors (Lipinski definition) is 2. The van der Waals surface area contributed by atoms with Crippen LogP contribution in [-0.2, 0) is 4.79 Å². The monoisotopic (exact) mass is 248 g/mol. The first-order chi connectivity index (χ1) is 8.61. The zero-order valence-electron chi connectivity index (χ0n) is 10.0. The Labute approximate surface area is 104 Å². The molecule has 0 aromatic heterocycles. The summed E-state index contributed by atoms with van der Waals surface area (Å²) in [4.78, 5) is 16.2. The molecule has 1 aliphatic rings. The van der Waals surface area contributed by atoms with Crippen LogP contribution in [0.25, 0.3) is 10.4 Å². The van der Waals surface area contributed by atoms with E-state index in [1.54, 1.807) is 17.9 Å². The molecular formula is C12H13FN4O. The molecule has 6 heteroatoms. The summed E-state index contributed by atoms with van der Waals surface area (Å²) in [7, 11) is 0. The normalized spacial score (nSPS) is 18.9. The summed E-state index contributed by atoms with van der Waals surface area (Å²) in [6.45, 7) is 2.61. The van der Waals surface area contributed by atoms with Crippen molar-refractivity contribution in [1.82, 2.24) is 0 Å². The van der Waals surface area contributed by atoms with Gasteiger partial charge in [-0.15, -0.1) is 0 Å². The molecule has 0 N–H and O–H groups in total. The van der Waals surface area contributed by atoms with Crippen LogP contribution in [0.15, 0.2) is 23.3 Å². The van der Waals surface area contributed by atoms with Crippen LogP contribution in [-0.4, -0.2) is 19.0 Å². The van der Waals surface area contributed by atoms with Gasteiger partial charge in [0.2, 0.25) is 5.91 Å². The maximum Gasteiger partial charge on any atom is 0.227 e. The van der Waals surface area contributed by atoms with Gasteiger partial charge in [0, 0.05) is 30.1 Å². The lowest BCUT2D eigenvalue weighted by Gasteiger charge is -2.18. The van der Waals surface area contributed by atoms with E-state index in [1.165, 1.54) is 12.1 Å². The highest BCUT2D eigenvalue weighted by molar-refractivity contribution is 5.96. The minimum absolute atomic E-state index is 0.0113. The van der Waals surface area contributed by atoms with Gasteiger partial charge >= 0.3 is 0 Å². The van der Waals surface area contributed by atoms with E-state index < -0.39 is 0 Å². The van der Waals surface area contributed by atoms with Gasteiger partial charge in [-0.05, 0) is 42.1 Å². The number of aryl methyl sites for hydroxylation is 1. The zero-order valence-corrected chi connectivity index (χ0v) is 10.0. The summed E-state index contributed by atoms with van der Waals surface area (Å²) < 4.78 is 13.0. The summed E-state index contributed by atoms with van der Waals surface area (Å²) in [6.07, 6.45) is 0.371. The first-order valence-corrected chi connectivity index (χ1v) is 5.69. The molecule has 0 bridgehead atoms. The fraction of sp³-hybridized carbons (Fsp3) is 0.417. The summed E-state index contributed by atoms with van der Waals surface area (Å²) >= 11 is 0. The van der Waals surface area contributed by atoms with Crippen molar-refractivity contribution in [2.24, 2.45) is 11.0 Å². The number of nitrogens with zero attached hydrogens (tertiary/aromatic N) is 4. The number of amides is 1. The number of benzene rings is 1. The molecule has 1 aromatic carbocycles. The van der Waals surface area contributed by atoms with Crippen LogP contribution in [0.2, 0.25) is 0 Å². The van der Waals surface area contributed by atoms with Crippen molar-refractivity contribution in [2.45, 2.75) is 13.3 Å². The minimum atomic E-state index is -0.312. The minimum Gasteiger partial charge on any atom is -0.312 e. The molecule has 1 fully saturated rings. The fourth-order valence-corrected chi connectivity index (χ4v) is 2.21. The molecule has 1 aliphatic heterocycles. The van der Waals surface area contributed by atoms with Crippen LogP contribution in [0.1, 0.15) is 12.0 Å². The van der Waals surface area contributed by atoms with Crippen LogP contribution in [0.5, 0.6) is 0 Å². The lowest BCUT2D eigenvalue weighted by Crippen LogP contribution is -2.25. The Hall–Kier alpha value is -2.07. The molecule has 94 valence electrons. The van der Waals surface area contributed by atoms with Crippen molar-refractivity contribution < 1.29 is 9.18 Å². The van der Waals surface area contributed by atoms with Gasteiger partial charge in [-0.3, -0.25) is 4.79 Å². The highest BCUT2D eigenvalue weighted by Crippen LogP contribution is 2.28. The van der Waals surface area contributed by atoms with Crippen LogP contribution >= 0.6 is 0 Å². The van der Waals surface area contributed by atoms with Crippen molar-refractivity contribution in [3.8, 4) is 0 Å². The molecule has 1 unspecified atom stereocenters. The maximum atomic E-state index is 13.0. The first kappa shape index (κ1) is 12.4. The van der Waals surface area contributed by atoms with Crippen LogP contribution in [0.4, 0.5) is 10.1 Å². The van der Waals surface area contributed by atoms with E-state index in [4.69, 9.17) is 5.53 Å². The second kappa shape index (κ2) is 5.06. The van der Waals surface area contributed by atoms with E-state index in [0.29, 0.717) is 19.5 Å². The second-order valence-corrected chi connectivity index (χ2v) is 4.42. The Morgan fingerprint density at radius 1 is 1.61 bits per heavy atom. The Kier molecular flexibility index (Phi) is 3.48. The molecule has 0 saturated carbocycles. The first-order valence-electron chi connectivity index (χ1n) is 5.69. The van der Waals surface area contributed by atoms with Gasteiger partial charge < -0.3 is 4.90 Å². The van der Waals surface area contributed by atoms with Crippen molar-refractivity contribution >= 4 is 11.6 Å². The van der Waals surface area contributed by atoms with Crippen molar-refractivity contribution in [2.75, 3.05) is 18.0 Å². The van der Waals surface area contributed by atoms with Gasteiger partial charge in [0.25, 0.3) is 0 Å². The highest BCUT2D eigenvalue weighted by atomic mass is 19.1. The average molecular weight is 248 g/mol. The maximum absolute atomic E-state index is 13.0. The molecule has 2 rings (SSSR count). The quantitative estimate of drug-likeness (QED) is 0.460. The van der Waals surface area contributed by atoms with Crippen LogP contribution in [0.3, 0.4) is 0 Å². The molecule has 1 atom stereocenters. The fourth-order valence-electron chi connectivity index (χ4n) is 2.21. The van der Waals surface area contributed by atoms with Gasteiger partial charge in [-0.1, -0.05) is 5.11 Å².